The minimum atomic E-state index is -0.632. The quantitative estimate of drug-likeness (QED) is 0.431. The van der Waals surface area contributed by atoms with Gasteiger partial charge in [0.25, 0.3) is 11.8 Å². The number of morpholine rings is 1. The predicted octanol–water partition coefficient (Wildman–Crippen LogP) is 3.19. The van der Waals surface area contributed by atoms with Crippen LogP contribution in [0.5, 0.6) is 0 Å². The van der Waals surface area contributed by atoms with Gasteiger partial charge in [0.15, 0.2) is 5.58 Å². The number of ether oxygens (including phenoxy) is 1. The van der Waals surface area contributed by atoms with Crippen molar-refractivity contribution in [1.82, 2.24) is 19.8 Å². The number of nitrogens with one attached hydrogen (secondary N) is 2. The molecular formula is C27H29ClN6O6. The summed E-state index contributed by atoms with van der Waals surface area (Å²) in [6.45, 7) is 1.17. The lowest BCUT2D eigenvalue weighted by molar-refractivity contribution is -0.146. The molecule has 0 spiro atoms. The summed E-state index contributed by atoms with van der Waals surface area (Å²) in [4.78, 5) is 63.1. The van der Waals surface area contributed by atoms with Crippen molar-refractivity contribution in [2.24, 2.45) is 5.92 Å². The average Bonchev–Trinajstić information content (AvgIpc) is 3.31. The molecule has 13 heteroatoms. The minimum Gasteiger partial charge on any atom is -0.447 e. The number of aromatic nitrogens is 2. The number of pyridine rings is 2. The van der Waals surface area contributed by atoms with Crippen molar-refractivity contribution >= 4 is 57.7 Å². The monoisotopic (exact) mass is 568 g/mol. The highest BCUT2D eigenvalue weighted by molar-refractivity contribution is 6.29. The first-order valence-corrected chi connectivity index (χ1v) is 13.3. The van der Waals surface area contributed by atoms with E-state index in [2.05, 4.69) is 20.6 Å². The zero-order valence-electron chi connectivity index (χ0n) is 22.1. The molecular weight excluding hydrogens is 540 g/mol. The Bertz CT molecular complexity index is 1450. The molecule has 4 heterocycles. The number of anilines is 2. The first kappa shape index (κ1) is 27.5. The number of halogens is 1. The Hall–Kier alpha value is -4.03. The number of fused-ring (bicyclic) bond motifs is 1. The lowest BCUT2D eigenvalue weighted by Gasteiger charge is -2.38. The predicted molar refractivity (Wildman–Crippen MR) is 146 cm³/mol. The van der Waals surface area contributed by atoms with Gasteiger partial charge < -0.3 is 29.6 Å². The van der Waals surface area contributed by atoms with Gasteiger partial charge in [0, 0.05) is 32.6 Å². The van der Waals surface area contributed by atoms with E-state index in [9.17, 15) is 19.2 Å². The molecule has 5 rings (SSSR count). The topological polar surface area (TPSA) is 147 Å². The second kappa shape index (κ2) is 11.6. The molecule has 1 aliphatic carbocycles. The van der Waals surface area contributed by atoms with Crippen LogP contribution in [-0.2, 0) is 14.3 Å². The van der Waals surface area contributed by atoms with Crippen LogP contribution in [0.4, 0.5) is 11.4 Å². The summed E-state index contributed by atoms with van der Waals surface area (Å²) < 4.78 is 11.1. The van der Waals surface area contributed by atoms with Gasteiger partial charge in [0.1, 0.15) is 28.7 Å². The SMILES string of the molecule is CN(C)C(=O)c1ccc2oc(C(=O)Nc3ccc(Cl)nc3)c(NC(=O)[C@H]3CC[C@H](N4CCOCC4=O)CC3)c2n1. The lowest BCUT2D eigenvalue weighted by Crippen LogP contribution is -2.49. The summed E-state index contributed by atoms with van der Waals surface area (Å²) >= 11 is 5.84. The number of nitrogens with zero attached hydrogens (tertiary/aromatic N) is 4. The molecule has 210 valence electrons. The van der Waals surface area contributed by atoms with Crippen LogP contribution in [0.25, 0.3) is 11.1 Å². The van der Waals surface area contributed by atoms with Crippen LogP contribution in [0.3, 0.4) is 0 Å². The van der Waals surface area contributed by atoms with Gasteiger partial charge in [-0.1, -0.05) is 11.6 Å². The van der Waals surface area contributed by atoms with Crippen LogP contribution < -0.4 is 10.6 Å². The summed E-state index contributed by atoms with van der Waals surface area (Å²) in [5, 5.41) is 5.81. The molecule has 4 amide bonds. The fraction of sp³-hybridized carbons (Fsp3) is 0.407. The van der Waals surface area contributed by atoms with Crippen molar-refractivity contribution in [2.45, 2.75) is 31.7 Å². The van der Waals surface area contributed by atoms with E-state index in [1.807, 2.05) is 4.90 Å². The highest BCUT2D eigenvalue weighted by Gasteiger charge is 2.34. The van der Waals surface area contributed by atoms with Gasteiger partial charge in [-0.15, -0.1) is 0 Å². The van der Waals surface area contributed by atoms with Gasteiger partial charge in [-0.05, 0) is 49.9 Å². The van der Waals surface area contributed by atoms with Gasteiger partial charge in [-0.2, -0.15) is 0 Å². The van der Waals surface area contributed by atoms with Gasteiger partial charge in [-0.25, -0.2) is 9.97 Å². The molecule has 1 saturated carbocycles. The van der Waals surface area contributed by atoms with Crippen molar-refractivity contribution < 1.29 is 28.3 Å². The molecule has 0 bridgehead atoms. The fourth-order valence-electron chi connectivity index (χ4n) is 5.03. The first-order chi connectivity index (χ1) is 19.2. The average molecular weight is 569 g/mol. The standard InChI is InChI=1S/C27H29ClN6O6/c1-33(2)27(38)18-8-9-19-22(31-18)23(24(40-19)26(37)30-16-5-10-20(28)29-13-16)32-25(36)15-3-6-17(7-4-15)34-11-12-39-14-21(34)35/h5,8-10,13,15,17H,3-4,6-7,11-12,14H2,1-2H3,(H,30,37)(H,32,36)/t15-,17-. The van der Waals surface area contributed by atoms with E-state index >= 15 is 0 Å². The molecule has 0 aromatic carbocycles. The Morgan fingerprint density at radius 2 is 1.85 bits per heavy atom. The van der Waals surface area contributed by atoms with E-state index in [4.69, 9.17) is 20.8 Å². The van der Waals surface area contributed by atoms with Crippen molar-refractivity contribution in [3.63, 3.8) is 0 Å². The van der Waals surface area contributed by atoms with Crippen LogP contribution in [0.1, 0.15) is 46.7 Å². The third-order valence-corrected chi connectivity index (χ3v) is 7.35. The first-order valence-electron chi connectivity index (χ1n) is 13.0. The number of hydrogen-bond acceptors (Lipinski definition) is 8. The van der Waals surface area contributed by atoms with Crippen molar-refractivity contribution in [3.05, 3.63) is 47.1 Å². The summed E-state index contributed by atoms with van der Waals surface area (Å²) in [7, 11) is 3.21. The minimum absolute atomic E-state index is 0.0234. The van der Waals surface area contributed by atoms with Crippen molar-refractivity contribution in [1.29, 1.82) is 0 Å². The van der Waals surface area contributed by atoms with Gasteiger partial charge in [0.05, 0.1) is 18.5 Å². The highest BCUT2D eigenvalue weighted by Crippen LogP contribution is 2.34. The third kappa shape index (κ3) is 5.77. The molecule has 12 nitrogen and oxygen atoms in total. The van der Waals surface area contributed by atoms with Gasteiger partial charge >= 0.3 is 0 Å². The van der Waals surface area contributed by atoms with Crippen LogP contribution in [0, 0.1) is 5.92 Å². The number of hydrogen-bond donors (Lipinski definition) is 2. The summed E-state index contributed by atoms with van der Waals surface area (Å²) in [6, 6.07) is 6.22. The van der Waals surface area contributed by atoms with E-state index in [1.165, 1.54) is 23.2 Å². The summed E-state index contributed by atoms with van der Waals surface area (Å²) in [6.07, 6.45) is 3.92. The van der Waals surface area contributed by atoms with Crippen LogP contribution in [0.2, 0.25) is 5.15 Å². The Balaban J connectivity index is 1.39. The molecule has 2 aliphatic rings. The zero-order valence-corrected chi connectivity index (χ0v) is 22.9. The molecule has 1 aliphatic heterocycles. The van der Waals surface area contributed by atoms with Gasteiger partial charge in [0.2, 0.25) is 17.6 Å². The Morgan fingerprint density at radius 3 is 2.52 bits per heavy atom. The normalized spacial score (nSPS) is 19.4. The van der Waals surface area contributed by atoms with E-state index < -0.39 is 5.91 Å². The van der Waals surface area contributed by atoms with Crippen LogP contribution in [-0.4, -0.2) is 83.3 Å². The molecule has 0 atom stereocenters. The number of carbonyl (C=O) groups excluding carboxylic acids is 4. The number of carbonyl (C=O) groups is 4. The molecule has 0 unspecified atom stereocenters. The van der Waals surface area contributed by atoms with E-state index in [0.29, 0.717) is 44.5 Å². The van der Waals surface area contributed by atoms with E-state index in [1.54, 1.807) is 26.2 Å². The maximum Gasteiger partial charge on any atom is 0.293 e. The lowest BCUT2D eigenvalue weighted by atomic mass is 9.84. The maximum atomic E-state index is 13.4. The van der Waals surface area contributed by atoms with Gasteiger partial charge in [-0.3, -0.25) is 19.2 Å². The van der Waals surface area contributed by atoms with E-state index in [0.717, 1.165) is 0 Å². The largest absolute Gasteiger partial charge is 0.447 e. The molecule has 2 fully saturated rings. The molecule has 2 N–H and O–H groups in total. The maximum absolute atomic E-state index is 13.4. The van der Waals surface area contributed by atoms with E-state index in [-0.39, 0.29) is 69.7 Å². The summed E-state index contributed by atoms with van der Waals surface area (Å²) in [5.41, 5.74) is 1.02. The Morgan fingerprint density at radius 1 is 1.07 bits per heavy atom. The zero-order chi connectivity index (χ0) is 28.4. The Labute approximate surface area is 235 Å². The third-order valence-electron chi connectivity index (χ3n) is 7.13. The smallest absolute Gasteiger partial charge is 0.293 e. The fourth-order valence-corrected chi connectivity index (χ4v) is 5.14. The molecule has 0 radical (unpaired) electrons. The highest BCUT2D eigenvalue weighted by atomic mass is 35.5. The molecule has 3 aromatic rings. The van der Waals surface area contributed by atoms with Crippen molar-refractivity contribution in [3.8, 4) is 0 Å². The molecule has 40 heavy (non-hydrogen) atoms. The van der Waals surface area contributed by atoms with Crippen LogP contribution >= 0.6 is 11.6 Å². The number of rotatable bonds is 6. The molecule has 3 aromatic heterocycles. The molecule has 1 saturated heterocycles. The number of furan rings is 1. The summed E-state index contributed by atoms with van der Waals surface area (Å²) in [5.74, 6) is -1.78. The second-order valence-corrected chi connectivity index (χ2v) is 10.4. The van der Waals surface area contributed by atoms with Crippen LogP contribution in [0.15, 0.2) is 34.9 Å². The van der Waals surface area contributed by atoms with Crippen molar-refractivity contribution in [2.75, 3.05) is 44.5 Å². The number of amides is 4. The Kier molecular flexibility index (Phi) is 7.99. The second-order valence-electron chi connectivity index (χ2n) is 10.0.